The van der Waals surface area contributed by atoms with Crippen LogP contribution in [-0.2, 0) is 11.8 Å². The number of hydrogen-bond donors (Lipinski definition) is 0. The van der Waals surface area contributed by atoms with Gasteiger partial charge in [0.25, 0.3) is 0 Å². The molecule has 5 aromatic carbocycles. The number of rotatable bonds is 5. The summed E-state index contributed by atoms with van der Waals surface area (Å²) in [6.45, 7) is 28.5. The zero-order valence-electron chi connectivity index (χ0n) is 38.9. The summed E-state index contributed by atoms with van der Waals surface area (Å²) in [4.78, 5) is 5.21. The van der Waals surface area contributed by atoms with Crippen LogP contribution < -0.4 is 14.3 Å². The van der Waals surface area contributed by atoms with E-state index < -0.39 is 8.07 Å². The van der Waals surface area contributed by atoms with Gasteiger partial charge in [-0.15, -0.1) is 0 Å². The summed E-state index contributed by atoms with van der Waals surface area (Å²) >= 11 is 0. The van der Waals surface area contributed by atoms with Gasteiger partial charge < -0.3 is 4.42 Å². The van der Waals surface area contributed by atoms with Gasteiger partial charge in [0.1, 0.15) is 22.5 Å². The number of allylic oxidation sites excluding steroid dienone is 1. The summed E-state index contributed by atoms with van der Waals surface area (Å²) in [5.74, 6) is 2.61. The van der Waals surface area contributed by atoms with Crippen LogP contribution in [0.25, 0.3) is 67.3 Å². The van der Waals surface area contributed by atoms with Crippen LogP contribution in [0.2, 0.25) is 19.6 Å². The molecule has 318 valence electrons. The Balaban J connectivity index is 1.33. The average Bonchev–Trinajstić information content (AvgIpc) is 3.86. The van der Waals surface area contributed by atoms with Gasteiger partial charge in [0, 0.05) is 39.3 Å². The third kappa shape index (κ3) is 6.84. The molecule has 10 rings (SSSR count). The zero-order valence-corrected chi connectivity index (χ0v) is 39.9. The van der Waals surface area contributed by atoms with E-state index in [1.807, 2.05) is 0 Å². The van der Waals surface area contributed by atoms with Gasteiger partial charge in [-0.2, -0.15) is 13.7 Å². The molecule has 0 bridgehead atoms. The van der Waals surface area contributed by atoms with E-state index >= 15 is 0 Å². The Morgan fingerprint density at radius 2 is 1.48 bits per heavy atom. The third-order valence-electron chi connectivity index (χ3n) is 13.8. The maximum Gasteiger partial charge on any atom is 0.304 e. The molecule has 63 heavy (non-hydrogen) atoms. The Bertz CT molecular complexity index is 3070. The van der Waals surface area contributed by atoms with E-state index in [9.17, 15) is 0 Å². The Kier molecular flexibility index (Phi) is 9.90. The number of oxazole rings is 1. The predicted octanol–water partition coefficient (Wildman–Crippen LogP) is 13.6. The largest absolute Gasteiger partial charge is 0.439 e. The lowest BCUT2D eigenvalue weighted by Gasteiger charge is -2.32. The number of pyridine rings is 1. The summed E-state index contributed by atoms with van der Waals surface area (Å²) in [6.07, 6.45) is 5.16. The smallest absolute Gasteiger partial charge is 0.304 e. The number of imidazole rings is 1. The fourth-order valence-corrected chi connectivity index (χ4v) is 11.6. The monoisotopic (exact) mass is 846 g/mol. The average molecular weight is 847 g/mol. The molecule has 0 spiro atoms. The van der Waals surface area contributed by atoms with E-state index in [-0.39, 0.29) is 29.2 Å². The predicted molar refractivity (Wildman–Crippen MR) is 264 cm³/mol. The lowest BCUT2D eigenvalue weighted by Crippen LogP contribution is -2.53. The number of aromatic nitrogens is 4. The number of benzene rings is 5. The molecule has 5 nitrogen and oxygen atoms in total. The minimum atomic E-state index is -1.64. The SMILES string of the molecule is C=C1CC2C(CCc3ccc4nc(C(C)(C)C)oc4c3-c3n(-c4c(C(C)C)cc(-c5ccccc5)cc4C(C)C)c4ccccc4[n+]31)c1ccccc1-c1ccc([Si](C)(C)C)c[n+]12. The number of para-hydroxylation sites is 2. The normalized spacial score (nSPS) is 16.5. The van der Waals surface area contributed by atoms with Crippen molar-refractivity contribution >= 4 is 41.1 Å². The van der Waals surface area contributed by atoms with Crippen LogP contribution >= 0.6 is 0 Å². The first kappa shape index (κ1) is 41.2. The van der Waals surface area contributed by atoms with Crippen molar-refractivity contribution in [1.82, 2.24) is 9.55 Å². The molecule has 2 aliphatic rings. The molecule has 0 N–H and O–H groups in total. The second-order valence-corrected chi connectivity index (χ2v) is 26.0. The van der Waals surface area contributed by atoms with Crippen LogP contribution in [0.1, 0.15) is 113 Å². The van der Waals surface area contributed by atoms with Crippen LogP contribution in [0.4, 0.5) is 0 Å². The topological polar surface area (TPSA) is 38.7 Å². The summed E-state index contributed by atoms with van der Waals surface area (Å²) in [5.41, 5.74) is 17.7. The van der Waals surface area contributed by atoms with Crippen molar-refractivity contribution in [2.24, 2.45) is 0 Å². The second-order valence-electron chi connectivity index (χ2n) is 20.9. The third-order valence-corrected chi connectivity index (χ3v) is 15.9. The van der Waals surface area contributed by atoms with E-state index in [0.29, 0.717) is 0 Å². The van der Waals surface area contributed by atoms with Gasteiger partial charge in [-0.1, -0.05) is 147 Å². The molecular formula is C57H62N4OSi+2. The molecule has 0 fully saturated rings. The van der Waals surface area contributed by atoms with E-state index in [4.69, 9.17) is 16.0 Å². The first-order chi connectivity index (χ1) is 30.1. The van der Waals surface area contributed by atoms with Crippen LogP contribution in [0, 0.1) is 0 Å². The van der Waals surface area contributed by atoms with E-state index in [1.54, 1.807) is 0 Å². The molecule has 0 aliphatic carbocycles. The van der Waals surface area contributed by atoms with Gasteiger partial charge >= 0.3 is 5.82 Å². The highest BCUT2D eigenvalue weighted by Crippen LogP contribution is 2.47. The Labute approximate surface area is 374 Å². The fraction of sp³-hybridized carbons (Fsp3) is 0.316. The maximum absolute atomic E-state index is 7.10. The molecule has 2 aliphatic heterocycles. The van der Waals surface area contributed by atoms with Gasteiger partial charge in [0.2, 0.25) is 11.6 Å². The van der Waals surface area contributed by atoms with Crippen LogP contribution in [0.15, 0.2) is 132 Å². The van der Waals surface area contributed by atoms with Gasteiger partial charge in [-0.3, -0.25) is 0 Å². The number of fused-ring (bicyclic) bond motifs is 13. The van der Waals surface area contributed by atoms with Crippen LogP contribution in [-0.4, -0.2) is 17.6 Å². The molecule has 0 saturated carbocycles. The first-order valence-corrected chi connectivity index (χ1v) is 26.7. The zero-order chi connectivity index (χ0) is 44.1. The highest BCUT2D eigenvalue weighted by Gasteiger charge is 2.45. The molecular weight excluding hydrogens is 785 g/mol. The molecule has 0 amide bonds. The van der Waals surface area contributed by atoms with Crippen LogP contribution in [0.5, 0.6) is 0 Å². The van der Waals surface area contributed by atoms with E-state index in [1.165, 1.54) is 55.5 Å². The quantitative estimate of drug-likeness (QED) is 0.128. The molecule has 0 saturated heterocycles. The second kappa shape index (κ2) is 15.2. The van der Waals surface area contributed by atoms with Crippen molar-refractivity contribution in [3.05, 3.63) is 156 Å². The number of aryl methyl sites for hydroxylation is 1. The maximum atomic E-state index is 7.10. The fourth-order valence-electron chi connectivity index (χ4n) is 10.5. The highest BCUT2D eigenvalue weighted by molar-refractivity contribution is 6.88. The highest BCUT2D eigenvalue weighted by atomic mass is 28.3. The van der Waals surface area contributed by atoms with Crippen molar-refractivity contribution in [3.63, 3.8) is 0 Å². The van der Waals surface area contributed by atoms with Crippen molar-refractivity contribution in [3.8, 4) is 39.5 Å². The molecule has 0 radical (unpaired) electrons. The van der Waals surface area contributed by atoms with Crippen LogP contribution in [0.3, 0.4) is 0 Å². The Hall–Kier alpha value is -5.85. The first-order valence-electron chi connectivity index (χ1n) is 23.2. The lowest BCUT2D eigenvalue weighted by molar-refractivity contribution is -0.719. The van der Waals surface area contributed by atoms with E-state index in [2.05, 4.69) is 203 Å². The van der Waals surface area contributed by atoms with Crippen molar-refractivity contribution in [2.75, 3.05) is 0 Å². The van der Waals surface area contributed by atoms with Gasteiger partial charge in [0.05, 0.1) is 14.5 Å². The summed E-state index contributed by atoms with van der Waals surface area (Å²) in [6, 6.07) is 43.4. The standard InChI is InChI=1S/C57H62N4OSi/c1-35(2)45-32-40(38-19-13-12-14-20-38)33-46(36(3)4)53(45)61-50-24-18-17-23-49(50)60-37(5)31-51-44(42-21-15-16-22-43(42)48-30-27-41(34-59(48)51)63(9,10)11)28-25-39-26-29-47-54(52(39)55(60)61)62-56(58-47)57(6,7)8/h12-24,26-27,29-30,32-36,44,51H,5,25,28,31H2,1-4,6-11H3/q+2. The molecule has 2 unspecified atom stereocenters. The van der Waals surface area contributed by atoms with Gasteiger partial charge in [-0.25, -0.2) is 4.98 Å². The lowest BCUT2D eigenvalue weighted by atomic mass is 9.77. The minimum Gasteiger partial charge on any atom is -0.439 e. The minimum absolute atomic E-state index is 0.173. The Morgan fingerprint density at radius 3 is 2.17 bits per heavy atom. The summed E-state index contributed by atoms with van der Waals surface area (Å²) < 4.78 is 14.9. The molecule has 2 atom stereocenters. The Morgan fingerprint density at radius 1 is 0.794 bits per heavy atom. The molecule has 8 aromatic rings. The van der Waals surface area contributed by atoms with Crippen molar-refractivity contribution < 1.29 is 13.6 Å². The number of nitrogens with zero attached hydrogens (tertiary/aromatic N) is 4. The summed E-state index contributed by atoms with van der Waals surface area (Å²) in [5, 5.41) is 1.48. The van der Waals surface area contributed by atoms with Crippen molar-refractivity contribution in [1.29, 1.82) is 0 Å². The molecule has 5 heterocycles. The number of hydrogen-bond acceptors (Lipinski definition) is 2. The van der Waals surface area contributed by atoms with Gasteiger partial charge in [-0.05, 0) is 83.3 Å². The summed E-state index contributed by atoms with van der Waals surface area (Å²) in [7, 11) is -1.64. The molecule has 6 heteroatoms. The molecule has 3 aromatic heterocycles. The van der Waals surface area contributed by atoms with E-state index in [0.717, 1.165) is 64.4 Å². The van der Waals surface area contributed by atoms with Crippen molar-refractivity contribution in [2.45, 2.75) is 117 Å². The van der Waals surface area contributed by atoms with Gasteiger partial charge in [0.15, 0.2) is 28.9 Å².